The average molecular weight is 269 g/mol. The lowest BCUT2D eigenvalue weighted by Gasteiger charge is -2.45. The predicted molar refractivity (Wildman–Crippen MR) is 76.1 cm³/mol. The molecule has 18 heavy (non-hydrogen) atoms. The Morgan fingerprint density at radius 2 is 2.17 bits per heavy atom. The second-order valence-electron chi connectivity index (χ2n) is 5.49. The highest BCUT2D eigenvalue weighted by atomic mass is 35.5. The third-order valence-corrected chi connectivity index (χ3v) is 4.12. The van der Waals surface area contributed by atoms with Gasteiger partial charge in [0, 0.05) is 37.9 Å². The van der Waals surface area contributed by atoms with E-state index in [0.29, 0.717) is 11.6 Å². The second-order valence-corrected chi connectivity index (χ2v) is 5.90. The van der Waals surface area contributed by atoms with Crippen molar-refractivity contribution in [3.8, 4) is 0 Å². The smallest absolute Gasteiger partial charge is 0.129 e. The molecule has 0 unspecified atom stereocenters. The summed E-state index contributed by atoms with van der Waals surface area (Å²) in [7, 11) is 2.16. The molecule has 0 saturated carbocycles. The van der Waals surface area contributed by atoms with Crippen LogP contribution >= 0.6 is 11.6 Å². The summed E-state index contributed by atoms with van der Waals surface area (Å²) in [5, 5.41) is 0.648. The first kappa shape index (κ1) is 13.6. The molecule has 0 aliphatic carbocycles. The largest absolute Gasteiger partial charge is 0.353 e. The number of nitrogens with zero attached hydrogens (tertiary/aromatic N) is 3. The van der Waals surface area contributed by atoms with E-state index in [0.717, 1.165) is 31.0 Å². The van der Waals surface area contributed by atoms with Crippen molar-refractivity contribution < 1.29 is 0 Å². The van der Waals surface area contributed by atoms with Crippen molar-refractivity contribution in [1.29, 1.82) is 0 Å². The SMILES string of the molecule is CN1CCN(c2cc(CN)c(Cl)cn2)CC1(C)C. The highest BCUT2D eigenvalue weighted by Crippen LogP contribution is 2.25. The first-order chi connectivity index (χ1) is 8.44. The summed E-state index contributed by atoms with van der Waals surface area (Å²) >= 11 is 6.05. The van der Waals surface area contributed by atoms with Gasteiger partial charge in [0.1, 0.15) is 5.82 Å². The standard InChI is InChI=1S/C13H21ClN4/c1-13(2)9-18(5-4-17(13)3)12-6-10(7-15)11(14)8-16-12/h6,8H,4-5,7,9,15H2,1-3H3. The molecule has 2 N–H and O–H groups in total. The van der Waals surface area contributed by atoms with Crippen molar-refractivity contribution >= 4 is 17.4 Å². The Kier molecular flexibility index (Phi) is 3.80. The molecule has 1 saturated heterocycles. The maximum Gasteiger partial charge on any atom is 0.129 e. The van der Waals surface area contributed by atoms with Crippen LogP contribution in [0.1, 0.15) is 19.4 Å². The van der Waals surface area contributed by atoms with E-state index in [1.165, 1.54) is 0 Å². The van der Waals surface area contributed by atoms with Crippen molar-refractivity contribution in [2.24, 2.45) is 5.73 Å². The number of nitrogens with two attached hydrogens (primary N) is 1. The van der Waals surface area contributed by atoms with Gasteiger partial charge in [0.15, 0.2) is 0 Å². The van der Waals surface area contributed by atoms with Crippen LogP contribution in [0.3, 0.4) is 0 Å². The van der Waals surface area contributed by atoms with Crippen LogP contribution in [0.4, 0.5) is 5.82 Å². The van der Waals surface area contributed by atoms with Crippen LogP contribution in [0.25, 0.3) is 0 Å². The molecular formula is C13H21ClN4. The molecule has 100 valence electrons. The summed E-state index contributed by atoms with van der Waals surface area (Å²) in [6.45, 7) is 7.93. The lowest BCUT2D eigenvalue weighted by Crippen LogP contribution is -2.57. The van der Waals surface area contributed by atoms with Crippen LogP contribution in [-0.2, 0) is 6.54 Å². The van der Waals surface area contributed by atoms with Crippen molar-refractivity contribution in [2.75, 3.05) is 31.6 Å². The molecule has 0 bridgehead atoms. The molecule has 1 fully saturated rings. The maximum absolute atomic E-state index is 6.05. The van der Waals surface area contributed by atoms with Crippen LogP contribution in [-0.4, -0.2) is 42.1 Å². The van der Waals surface area contributed by atoms with E-state index in [1.54, 1.807) is 6.20 Å². The Morgan fingerprint density at radius 3 is 2.78 bits per heavy atom. The van der Waals surface area contributed by atoms with E-state index < -0.39 is 0 Å². The van der Waals surface area contributed by atoms with E-state index in [1.807, 2.05) is 6.07 Å². The molecular weight excluding hydrogens is 248 g/mol. The van der Waals surface area contributed by atoms with Crippen molar-refractivity contribution in [3.05, 3.63) is 22.8 Å². The fourth-order valence-electron chi connectivity index (χ4n) is 2.23. The molecule has 5 heteroatoms. The van der Waals surface area contributed by atoms with Gasteiger partial charge in [-0.25, -0.2) is 4.98 Å². The number of aromatic nitrogens is 1. The van der Waals surface area contributed by atoms with Gasteiger partial charge in [0.25, 0.3) is 0 Å². The van der Waals surface area contributed by atoms with E-state index in [4.69, 9.17) is 17.3 Å². The minimum atomic E-state index is 0.155. The Bertz CT molecular complexity index is 433. The van der Waals surface area contributed by atoms with E-state index >= 15 is 0 Å². The number of halogens is 1. The average Bonchev–Trinajstić information content (AvgIpc) is 2.33. The molecule has 1 aliphatic heterocycles. The van der Waals surface area contributed by atoms with Gasteiger partial charge < -0.3 is 10.6 Å². The number of piperazine rings is 1. The quantitative estimate of drug-likeness (QED) is 0.887. The molecule has 1 aliphatic rings. The molecule has 0 amide bonds. The first-order valence-corrected chi connectivity index (χ1v) is 6.62. The Labute approximate surface area is 114 Å². The maximum atomic E-state index is 6.05. The lowest BCUT2D eigenvalue weighted by molar-refractivity contribution is 0.138. The van der Waals surface area contributed by atoms with Crippen LogP contribution in [0.15, 0.2) is 12.3 Å². The number of likely N-dealkylation sites (N-methyl/N-ethyl adjacent to an activating group) is 1. The minimum Gasteiger partial charge on any atom is -0.353 e. The lowest BCUT2D eigenvalue weighted by atomic mass is 10.00. The third kappa shape index (κ3) is 2.60. The fraction of sp³-hybridized carbons (Fsp3) is 0.615. The van der Waals surface area contributed by atoms with Gasteiger partial charge in [-0.2, -0.15) is 0 Å². The Balaban J connectivity index is 2.22. The van der Waals surface area contributed by atoms with Crippen molar-refractivity contribution in [3.63, 3.8) is 0 Å². The van der Waals surface area contributed by atoms with Gasteiger partial charge in [-0.1, -0.05) is 11.6 Å². The molecule has 0 radical (unpaired) electrons. The van der Waals surface area contributed by atoms with Gasteiger partial charge in [0.05, 0.1) is 5.02 Å². The molecule has 0 spiro atoms. The molecule has 2 rings (SSSR count). The van der Waals surface area contributed by atoms with E-state index in [2.05, 4.69) is 35.7 Å². The Morgan fingerprint density at radius 1 is 1.44 bits per heavy atom. The summed E-state index contributed by atoms with van der Waals surface area (Å²) in [4.78, 5) is 9.10. The van der Waals surface area contributed by atoms with Gasteiger partial charge in [-0.05, 0) is 32.5 Å². The van der Waals surface area contributed by atoms with E-state index in [-0.39, 0.29) is 5.54 Å². The second kappa shape index (κ2) is 5.03. The number of rotatable bonds is 2. The Hall–Kier alpha value is -0.840. The van der Waals surface area contributed by atoms with Gasteiger partial charge >= 0.3 is 0 Å². The van der Waals surface area contributed by atoms with Crippen LogP contribution in [0.2, 0.25) is 5.02 Å². The first-order valence-electron chi connectivity index (χ1n) is 6.25. The van der Waals surface area contributed by atoms with Gasteiger partial charge in [-0.15, -0.1) is 0 Å². The summed E-state index contributed by atoms with van der Waals surface area (Å²) < 4.78 is 0. The molecule has 2 heterocycles. The molecule has 0 aromatic carbocycles. The molecule has 1 aromatic heterocycles. The number of anilines is 1. The van der Waals surface area contributed by atoms with Crippen LogP contribution in [0.5, 0.6) is 0 Å². The normalized spacial score (nSPS) is 20.2. The van der Waals surface area contributed by atoms with Gasteiger partial charge in [-0.3, -0.25) is 4.90 Å². The summed E-state index contributed by atoms with van der Waals surface area (Å²) in [5.41, 5.74) is 6.80. The summed E-state index contributed by atoms with van der Waals surface area (Å²) in [5.74, 6) is 0.973. The zero-order valence-corrected chi connectivity index (χ0v) is 12.0. The highest BCUT2D eigenvalue weighted by Gasteiger charge is 2.31. The number of hydrogen-bond donors (Lipinski definition) is 1. The minimum absolute atomic E-state index is 0.155. The molecule has 4 nitrogen and oxygen atoms in total. The molecule has 1 aromatic rings. The topological polar surface area (TPSA) is 45.4 Å². The highest BCUT2D eigenvalue weighted by molar-refractivity contribution is 6.31. The van der Waals surface area contributed by atoms with Crippen LogP contribution < -0.4 is 10.6 Å². The molecule has 0 atom stereocenters. The third-order valence-electron chi connectivity index (χ3n) is 3.78. The summed E-state index contributed by atoms with van der Waals surface area (Å²) in [6.07, 6.45) is 1.70. The summed E-state index contributed by atoms with van der Waals surface area (Å²) in [6, 6.07) is 2.00. The van der Waals surface area contributed by atoms with Crippen molar-refractivity contribution in [2.45, 2.75) is 25.9 Å². The number of pyridine rings is 1. The number of hydrogen-bond acceptors (Lipinski definition) is 4. The fourth-order valence-corrected chi connectivity index (χ4v) is 2.41. The van der Waals surface area contributed by atoms with Crippen LogP contribution in [0, 0.1) is 0 Å². The van der Waals surface area contributed by atoms with Gasteiger partial charge in [0.2, 0.25) is 0 Å². The predicted octanol–water partition coefficient (Wildman–Crippen LogP) is 1.72. The van der Waals surface area contributed by atoms with Crippen molar-refractivity contribution in [1.82, 2.24) is 9.88 Å². The van der Waals surface area contributed by atoms with E-state index in [9.17, 15) is 0 Å². The zero-order chi connectivity index (χ0) is 13.3. The monoisotopic (exact) mass is 268 g/mol. The zero-order valence-electron chi connectivity index (χ0n) is 11.3.